The van der Waals surface area contributed by atoms with Crippen molar-refractivity contribution < 1.29 is 19.4 Å². The molecule has 0 saturated carbocycles. The molecule has 2 amide bonds. The first-order valence-electron chi connectivity index (χ1n) is 6.19. The van der Waals surface area contributed by atoms with Crippen molar-refractivity contribution in [1.82, 2.24) is 10.6 Å². The van der Waals surface area contributed by atoms with Gasteiger partial charge in [-0.25, -0.2) is 9.59 Å². The Bertz CT molecular complexity index is 448. The van der Waals surface area contributed by atoms with Gasteiger partial charge < -0.3 is 20.5 Å². The van der Waals surface area contributed by atoms with Gasteiger partial charge in [0, 0.05) is 0 Å². The molecule has 1 unspecified atom stereocenters. The zero-order valence-electron chi connectivity index (χ0n) is 11.0. The van der Waals surface area contributed by atoms with Crippen LogP contribution in [0.3, 0.4) is 0 Å². The van der Waals surface area contributed by atoms with Crippen molar-refractivity contribution in [1.29, 1.82) is 0 Å². The molecule has 1 aromatic carbocycles. The number of urea groups is 1. The molecular formula is C14H18N2O4. The average Bonchev–Trinajstić information content (AvgIpc) is 2.44. The highest BCUT2D eigenvalue weighted by Gasteiger charge is 2.17. The lowest BCUT2D eigenvalue weighted by molar-refractivity contribution is -0.139. The quantitative estimate of drug-likeness (QED) is 0.495. The minimum atomic E-state index is -1.10. The van der Waals surface area contributed by atoms with E-state index in [1.165, 1.54) is 6.08 Å². The standard InChI is InChI=1S/C14H18N2O4/c1-2-6-12(13(17)18)16-14(19)15-9-10-20-11-7-4-3-5-8-11/h2-5,7-8,12H,1,6,9-10H2,(H,17,18)(H2,15,16,19). The number of carbonyl (C=O) groups excluding carboxylic acids is 1. The van der Waals surface area contributed by atoms with E-state index < -0.39 is 18.0 Å². The second-order valence-electron chi connectivity index (χ2n) is 3.98. The summed E-state index contributed by atoms with van der Waals surface area (Å²) in [6.45, 7) is 4.03. The van der Waals surface area contributed by atoms with Gasteiger partial charge in [0.2, 0.25) is 0 Å². The van der Waals surface area contributed by atoms with Gasteiger partial charge >= 0.3 is 12.0 Å². The van der Waals surface area contributed by atoms with Crippen LogP contribution in [0.15, 0.2) is 43.0 Å². The fourth-order valence-electron chi connectivity index (χ4n) is 1.45. The summed E-state index contributed by atoms with van der Waals surface area (Å²) in [5.41, 5.74) is 0. The van der Waals surface area contributed by atoms with Crippen molar-refractivity contribution >= 4 is 12.0 Å². The van der Waals surface area contributed by atoms with E-state index in [4.69, 9.17) is 9.84 Å². The summed E-state index contributed by atoms with van der Waals surface area (Å²) in [5, 5.41) is 13.7. The molecule has 0 aliphatic carbocycles. The Kier molecular flexibility index (Phi) is 6.67. The molecule has 1 atom stereocenters. The topological polar surface area (TPSA) is 87.7 Å². The Morgan fingerprint density at radius 2 is 2.05 bits per heavy atom. The molecule has 1 aromatic rings. The highest BCUT2D eigenvalue weighted by atomic mass is 16.5. The summed E-state index contributed by atoms with van der Waals surface area (Å²) in [6.07, 6.45) is 1.61. The number of carboxylic acid groups (broad SMARTS) is 1. The molecule has 0 bridgehead atoms. The lowest BCUT2D eigenvalue weighted by Crippen LogP contribution is -2.46. The van der Waals surface area contributed by atoms with Crippen LogP contribution in [0.25, 0.3) is 0 Å². The molecule has 6 nitrogen and oxygen atoms in total. The molecule has 0 aromatic heterocycles. The van der Waals surface area contributed by atoms with Gasteiger partial charge in [-0.05, 0) is 18.6 Å². The van der Waals surface area contributed by atoms with Gasteiger partial charge in [0.1, 0.15) is 18.4 Å². The maximum absolute atomic E-state index is 11.5. The van der Waals surface area contributed by atoms with E-state index in [9.17, 15) is 9.59 Å². The number of carboxylic acids is 1. The van der Waals surface area contributed by atoms with Crippen LogP contribution < -0.4 is 15.4 Å². The van der Waals surface area contributed by atoms with Gasteiger partial charge in [-0.1, -0.05) is 24.3 Å². The molecule has 3 N–H and O–H groups in total. The first kappa shape index (κ1) is 15.6. The first-order chi connectivity index (χ1) is 9.63. The van der Waals surface area contributed by atoms with E-state index in [0.717, 1.165) is 0 Å². The number of para-hydroxylation sites is 1. The summed E-state index contributed by atoms with van der Waals surface area (Å²) in [5.74, 6) is -0.384. The number of aliphatic carboxylic acids is 1. The van der Waals surface area contributed by atoms with Crippen molar-refractivity contribution in [3.8, 4) is 5.75 Å². The van der Waals surface area contributed by atoms with Crippen LogP contribution in [0.1, 0.15) is 6.42 Å². The molecule has 0 fully saturated rings. The summed E-state index contributed by atoms with van der Waals surface area (Å²) >= 11 is 0. The number of hydrogen-bond donors (Lipinski definition) is 3. The van der Waals surface area contributed by atoms with Crippen LogP contribution in [0, 0.1) is 0 Å². The minimum absolute atomic E-state index is 0.170. The third kappa shape index (κ3) is 5.90. The van der Waals surface area contributed by atoms with Crippen LogP contribution in [-0.4, -0.2) is 36.3 Å². The zero-order chi connectivity index (χ0) is 14.8. The largest absolute Gasteiger partial charge is 0.492 e. The number of rotatable bonds is 8. The van der Waals surface area contributed by atoms with Crippen molar-refractivity contribution in [3.05, 3.63) is 43.0 Å². The van der Waals surface area contributed by atoms with Gasteiger partial charge in [0.25, 0.3) is 0 Å². The van der Waals surface area contributed by atoms with Crippen molar-refractivity contribution in [2.75, 3.05) is 13.2 Å². The fourth-order valence-corrected chi connectivity index (χ4v) is 1.45. The molecule has 0 saturated heterocycles. The van der Waals surface area contributed by atoms with Crippen molar-refractivity contribution in [2.45, 2.75) is 12.5 Å². The number of ether oxygens (including phenoxy) is 1. The molecule has 0 aliphatic heterocycles. The van der Waals surface area contributed by atoms with Crippen molar-refractivity contribution in [2.24, 2.45) is 0 Å². The Hall–Kier alpha value is -2.50. The number of hydrogen-bond acceptors (Lipinski definition) is 3. The lowest BCUT2D eigenvalue weighted by Gasteiger charge is -2.13. The maximum atomic E-state index is 11.5. The summed E-state index contributed by atoms with van der Waals surface area (Å²) < 4.78 is 5.38. The Balaban J connectivity index is 2.22. The van der Waals surface area contributed by atoms with E-state index in [1.54, 1.807) is 0 Å². The van der Waals surface area contributed by atoms with Crippen LogP contribution >= 0.6 is 0 Å². The normalized spacial score (nSPS) is 11.2. The molecule has 0 spiro atoms. The molecular weight excluding hydrogens is 260 g/mol. The van der Waals surface area contributed by atoms with Gasteiger partial charge in [0.05, 0.1) is 6.54 Å². The van der Waals surface area contributed by atoms with Crippen LogP contribution in [0.2, 0.25) is 0 Å². The Morgan fingerprint density at radius 3 is 2.65 bits per heavy atom. The minimum Gasteiger partial charge on any atom is -0.492 e. The number of benzene rings is 1. The predicted molar refractivity (Wildman–Crippen MR) is 74.7 cm³/mol. The third-order valence-electron chi connectivity index (χ3n) is 2.41. The average molecular weight is 278 g/mol. The second kappa shape index (κ2) is 8.58. The predicted octanol–water partition coefficient (Wildman–Crippen LogP) is 1.39. The van der Waals surface area contributed by atoms with E-state index in [0.29, 0.717) is 12.4 Å². The van der Waals surface area contributed by atoms with Crippen LogP contribution in [-0.2, 0) is 4.79 Å². The lowest BCUT2D eigenvalue weighted by atomic mass is 10.2. The number of carbonyl (C=O) groups is 2. The zero-order valence-corrected chi connectivity index (χ0v) is 11.0. The first-order valence-corrected chi connectivity index (χ1v) is 6.19. The smallest absolute Gasteiger partial charge is 0.326 e. The number of nitrogens with one attached hydrogen (secondary N) is 2. The molecule has 1 rings (SSSR count). The Morgan fingerprint density at radius 1 is 1.35 bits per heavy atom. The highest BCUT2D eigenvalue weighted by molar-refractivity contribution is 5.82. The van der Waals surface area contributed by atoms with Gasteiger partial charge in [-0.2, -0.15) is 0 Å². The van der Waals surface area contributed by atoms with Crippen molar-refractivity contribution in [3.63, 3.8) is 0 Å². The van der Waals surface area contributed by atoms with Gasteiger partial charge in [-0.15, -0.1) is 6.58 Å². The summed E-state index contributed by atoms with van der Waals surface area (Å²) in [7, 11) is 0. The van der Waals surface area contributed by atoms with Gasteiger partial charge in [-0.3, -0.25) is 0 Å². The highest BCUT2D eigenvalue weighted by Crippen LogP contribution is 2.07. The SMILES string of the molecule is C=CCC(NC(=O)NCCOc1ccccc1)C(=O)O. The monoisotopic (exact) mass is 278 g/mol. The van der Waals surface area contributed by atoms with E-state index in [-0.39, 0.29) is 13.0 Å². The third-order valence-corrected chi connectivity index (χ3v) is 2.41. The van der Waals surface area contributed by atoms with Crippen LogP contribution in [0.5, 0.6) is 5.75 Å². The van der Waals surface area contributed by atoms with E-state index in [2.05, 4.69) is 17.2 Å². The molecule has 108 valence electrons. The molecule has 0 radical (unpaired) electrons. The summed E-state index contributed by atoms with van der Waals surface area (Å²) in [6, 6.07) is 7.68. The van der Waals surface area contributed by atoms with E-state index in [1.807, 2.05) is 30.3 Å². The molecule has 6 heteroatoms. The molecule has 0 aliphatic rings. The fraction of sp³-hybridized carbons (Fsp3) is 0.286. The van der Waals surface area contributed by atoms with Gasteiger partial charge in [0.15, 0.2) is 0 Å². The molecule has 0 heterocycles. The summed E-state index contributed by atoms with van der Waals surface area (Å²) in [4.78, 5) is 22.3. The maximum Gasteiger partial charge on any atom is 0.326 e. The van der Waals surface area contributed by atoms with E-state index >= 15 is 0 Å². The second-order valence-corrected chi connectivity index (χ2v) is 3.98. The number of amides is 2. The van der Waals surface area contributed by atoms with Crippen LogP contribution in [0.4, 0.5) is 4.79 Å². The Labute approximate surface area is 117 Å². The molecule has 20 heavy (non-hydrogen) atoms.